The second-order valence-electron chi connectivity index (χ2n) is 5.23. The number of imidazole rings is 1. The molecule has 0 aliphatic carbocycles. The number of rotatable bonds is 3. The second-order valence-corrected chi connectivity index (χ2v) is 5.23. The summed E-state index contributed by atoms with van der Waals surface area (Å²) in [4.78, 5) is 9.19. The Hall–Kier alpha value is -3.20. The molecule has 4 rings (SSSR count). The highest BCUT2D eigenvalue weighted by Gasteiger charge is 2.16. The zero-order valence-electron chi connectivity index (χ0n) is 12.5. The molecule has 0 spiro atoms. The van der Waals surface area contributed by atoms with Crippen LogP contribution in [0.25, 0.3) is 28.3 Å². The zero-order chi connectivity index (χ0) is 15.5. The normalized spacial score (nSPS) is 10.6. The van der Waals surface area contributed by atoms with Gasteiger partial charge in [0.15, 0.2) is 0 Å². The van der Waals surface area contributed by atoms with Crippen LogP contribution in [-0.2, 0) is 0 Å². The first kappa shape index (κ1) is 13.5. The van der Waals surface area contributed by atoms with Gasteiger partial charge in [-0.15, -0.1) is 0 Å². The molecule has 0 saturated heterocycles. The van der Waals surface area contributed by atoms with Gasteiger partial charge in [0.2, 0.25) is 0 Å². The van der Waals surface area contributed by atoms with Crippen LogP contribution in [0.1, 0.15) is 0 Å². The van der Waals surface area contributed by atoms with Crippen molar-refractivity contribution in [2.75, 3.05) is 0 Å². The summed E-state index contributed by atoms with van der Waals surface area (Å²) < 4.78 is 2.09. The molecule has 0 amide bonds. The summed E-state index contributed by atoms with van der Waals surface area (Å²) in [7, 11) is 0. The van der Waals surface area contributed by atoms with Gasteiger partial charge in [0, 0.05) is 17.4 Å². The van der Waals surface area contributed by atoms with Crippen LogP contribution in [0.4, 0.5) is 0 Å². The lowest BCUT2D eigenvalue weighted by Crippen LogP contribution is -1.97. The fourth-order valence-electron chi connectivity index (χ4n) is 2.69. The number of benzene rings is 2. The quantitative estimate of drug-likeness (QED) is 0.553. The molecule has 0 aliphatic rings. The molecule has 3 nitrogen and oxygen atoms in total. The molecule has 0 atom stereocenters. The van der Waals surface area contributed by atoms with Crippen LogP contribution in [0, 0.1) is 0 Å². The summed E-state index contributed by atoms with van der Waals surface area (Å²) in [6.07, 6.45) is 3.67. The number of hydrogen-bond donors (Lipinski definition) is 0. The van der Waals surface area contributed by atoms with Crippen LogP contribution < -0.4 is 0 Å². The maximum Gasteiger partial charge on any atom is 0.100 e. The molecule has 0 aliphatic heterocycles. The van der Waals surface area contributed by atoms with Gasteiger partial charge in [0.1, 0.15) is 6.33 Å². The van der Waals surface area contributed by atoms with Crippen LogP contribution in [0.2, 0.25) is 0 Å². The largest absolute Gasteiger partial charge is 0.297 e. The van der Waals surface area contributed by atoms with Gasteiger partial charge in [-0.25, -0.2) is 4.98 Å². The van der Waals surface area contributed by atoms with Crippen LogP contribution in [0.3, 0.4) is 0 Å². The maximum atomic E-state index is 4.66. The van der Waals surface area contributed by atoms with Crippen molar-refractivity contribution in [3.05, 3.63) is 91.4 Å². The van der Waals surface area contributed by atoms with E-state index in [1.165, 1.54) is 0 Å². The molecular weight excluding hydrogens is 282 g/mol. The monoisotopic (exact) mass is 297 g/mol. The van der Waals surface area contributed by atoms with Crippen LogP contribution in [0.15, 0.2) is 91.4 Å². The topological polar surface area (TPSA) is 30.7 Å². The lowest BCUT2D eigenvalue weighted by molar-refractivity contribution is 1.05. The van der Waals surface area contributed by atoms with Gasteiger partial charge < -0.3 is 0 Å². The molecular formula is C20H15N3. The first-order valence-corrected chi connectivity index (χ1v) is 7.53. The Morgan fingerprint density at radius 1 is 0.652 bits per heavy atom. The molecule has 2 heterocycles. The molecule has 0 radical (unpaired) electrons. The van der Waals surface area contributed by atoms with E-state index in [0.717, 1.165) is 28.3 Å². The summed E-state index contributed by atoms with van der Waals surface area (Å²) in [5, 5.41) is 0. The van der Waals surface area contributed by atoms with E-state index in [9.17, 15) is 0 Å². The molecule has 0 unspecified atom stereocenters. The lowest BCUT2D eigenvalue weighted by Gasteiger charge is -2.10. The van der Waals surface area contributed by atoms with E-state index in [1.807, 2.05) is 67.1 Å². The minimum absolute atomic E-state index is 0.910. The standard InChI is InChI=1S/C20H15N3/c1-3-9-16(10-4-1)19-20(18-13-7-8-14-21-18)23(15-22-19)17-11-5-2-6-12-17/h1-15H. The van der Waals surface area contributed by atoms with E-state index >= 15 is 0 Å². The smallest absolute Gasteiger partial charge is 0.100 e. The van der Waals surface area contributed by atoms with Crippen molar-refractivity contribution >= 4 is 0 Å². The Morgan fingerprint density at radius 2 is 1.35 bits per heavy atom. The van der Waals surface area contributed by atoms with Crippen molar-refractivity contribution in [1.82, 2.24) is 14.5 Å². The summed E-state index contributed by atoms with van der Waals surface area (Å²) in [6.45, 7) is 0. The van der Waals surface area contributed by atoms with Crippen LogP contribution in [-0.4, -0.2) is 14.5 Å². The predicted octanol–water partition coefficient (Wildman–Crippen LogP) is 4.60. The van der Waals surface area contributed by atoms with Crippen LogP contribution >= 0.6 is 0 Å². The highest BCUT2D eigenvalue weighted by Crippen LogP contribution is 2.31. The SMILES string of the molecule is c1ccc(-c2ncn(-c3ccccc3)c2-c2ccccn2)cc1. The van der Waals surface area contributed by atoms with Crippen molar-refractivity contribution in [2.45, 2.75) is 0 Å². The minimum atomic E-state index is 0.910. The Morgan fingerprint density at radius 3 is 2.04 bits per heavy atom. The van der Waals surface area contributed by atoms with Crippen molar-refractivity contribution < 1.29 is 0 Å². The lowest BCUT2D eigenvalue weighted by atomic mass is 10.1. The molecule has 0 bridgehead atoms. The molecule has 0 fully saturated rings. The number of aromatic nitrogens is 3. The third kappa shape index (κ3) is 2.53. The first-order valence-electron chi connectivity index (χ1n) is 7.53. The van der Waals surface area contributed by atoms with Crippen molar-refractivity contribution in [2.24, 2.45) is 0 Å². The van der Waals surface area contributed by atoms with Crippen molar-refractivity contribution in [1.29, 1.82) is 0 Å². The fourth-order valence-corrected chi connectivity index (χ4v) is 2.69. The molecule has 0 N–H and O–H groups in total. The average molecular weight is 297 g/mol. The summed E-state index contributed by atoms with van der Waals surface area (Å²) in [6, 6.07) is 26.4. The van der Waals surface area contributed by atoms with Gasteiger partial charge in [0.25, 0.3) is 0 Å². The number of hydrogen-bond acceptors (Lipinski definition) is 2. The Balaban J connectivity index is 1.97. The predicted molar refractivity (Wildman–Crippen MR) is 92.2 cm³/mol. The van der Waals surface area contributed by atoms with Crippen LogP contribution in [0.5, 0.6) is 0 Å². The number of nitrogens with zero attached hydrogens (tertiary/aromatic N) is 3. The fraction of sp³-hybridized carbons (Fsp3) is 0. The van der Waals surface area contributed by atoms with E-state index < -0.39 is 0 Å². The van der Waals surface area contributed by atoms with Gasteiger partial charge >= 0.3 is 0 Å². The third-order valence-corrected chi connectivity index (χ3v) is 3.76. The average Bonchev–Trinajstić information content (AvgIpc) is 3.09. The Kier molecular flexibility index (Phi) is 3.45. The second kappa shape index (κ2) is 5.89. The zero-order valence-corrected chi connectivity index (χ0v) is 12.5. The van der Waals surface area contributed by atoms with E-state index in [2.05, 4.69) is 38.8 Å². The van der Waals surface area contributed by atoms with E-state index in [-0.39, 0.29) is 0 Å². The molecule has 2 aromatic carbocycles. The molecule has 2 aromatic heterocycles. The Bertz CT molecular complexity index is 841. The summed E-state index contributed by atoms with van der Waals surface area (Å²) >= 11 is 0. The molecule has 0 saturated carbocycles. The van der Waals surface area contributed by atoms with Gasteiger partial charge in [-0.3, -0.25) is 9.55 Å². The Labute approximate surface area is 134 Å². The number of para-hydroxylation sites is 1. The molecule has 3 heteroatoms. The minimum Gasteiger partial charge on any atom is -0.297 e. The highest BCUT2D eigenvalue weighted by atomic mass is 15.1. The molecule has 23 heavy (non-hydrogen) atoms. The van der Waals surface area contributed by atoms with Gasteiger partial charge in [-0.1, -0.05) is 54.6 Å². The molecule has 4 aromatic rings. The third-order valence-electron chi connectivity index (χ3n) is 3.76. The molecule has 110 valence electrons. The maximum absolute atomic E-state index is 4.66. The number of pyridine rings is 1. The van der Waals surface area contributed by atoms with Gasteiger partial charge in [-0.05, 0) is 24.3 Å². The highest BCUT2D eigenvalue weighted by molar-refractivity contribution is 5.78. The summed E-state index contributed by atoms with van der Waals surface area (Å²) in [5.74, 6) is 0. The summed E-state index contributed by atoms with van der Waals surface area (Å²) in [5.41, 5.74) is 5.01. The van der Waals surface area contributed by atoms with E-state index in [4.69, 9.17) is 0 Å². The van der Waals surface area contributed by atoms with Gasteiger partial charge in [0.05, 0.1) is 17.1 Å². The van der Waals surface area contributed by atoms with E-state index in [1.54, 1.807) is 0 Å². The first-order chi connectivity index (χ1) is 11.4. The van der Waals surface area contributed by atoms with Gasteiger partial charge in [-0.2, -0.15) is 0 Å². The van der Waals surface area contributed by atoms with Crippen molar-refractivity contribution in [3.63, 3.8) is 0 Å². The van der Waals surface area contributed by atoms with E-state index in [0.29, 0.717) is 0 Å². The van der Waals surface area contributed by atoms with Crippen molar-refractivity contribution in [3.8, 4) is 28.3 Å².